The molecule has 0 aliphatic rings. The lowest BCUT2D eigenvalue weighted by Gasteiger charge is -2.19. The highest BCUT2D eigenvalue weighted by Crippen LogP contribution is 2.22. The van der Waals surface area contributed by atoms with E-state index in [4.69, 9.17) is 5.11 Å². The normalized spacial score (nSPS) is 12.4. The largest absolute Gasteiger partial charge is 0.396 e. The number of aliphatic hydroxyl groups excluding tert-OH is 1. The average Bonchev–Trinajstić information content (AvgIpc) is 2.62. The summed E-state index contributed by atoms with van der Waals surface area (Å²) in [6.45, 7) is 1.06. The van der Waals surface area contributed by atoms with Crippen LogP contribution in [0.25, 0.3) is 10.8 Å². The van der Waals surface area contributed by atoms with Crippen molar-refractivity contribution < 1.29 is 5.11 Å². The van der Waals surface area contributed by atoms with Crippen LogP contribution in [-0.4, -0.2) is 11.7 Å². The Hall–Kier alpha value is -2.16. The standard InChI is InChI=1S/C21H23NO/c23-15-7-14-21(18-9-2-1-3-10-18)22-16-19-12-6-11-17-8-4-5-13-20(17)19/h1-6,8-13,21-23H,7,14-16H2. The van der Waals surface area contributed by atoms with E-state index in [1.54, 1.807) is 0 Å². The molecule has 3 aromatic carbocycles. The van der Waals surface area contributed by atoms with E-state index >= 15 is 0 Å². The highest BCUT2D eigenvalue weighted by atomic mass is 16.2. The highest BCUT2D eigenvalue weighted by Gasteiger charge is 2.11. The Morgan fingerprint density at radius 3 is 2.39 bits per heavy atom. The van der Waals surface area contributed by atoms with Crippen LogP contribution in [-0.2, 0) is 6.54 Å². The van der Waals surface area contributed by atoms with Gasteiger partial charge in [-0.1, -0.05) is 72.8 Å². The van der Waals surface area contributed by atoms with Crippen molar-refractivity contribution in [3.63, 3.8) is 0 Å². The third-order valence-corrected chi connectivity index (χ3v) is 4.27. The predicted molar refractivity (Wildman–Crippen MR) is 96.3 cm³/mol. The summed E-state index contributed by atoms with van der Waals surface area (Å²) in [4.78, 5) is 0. The molecule has 3 aromatic rings. The monoisotopic (exact) mass is 305 g/mol. The van der Waals surface area contributed by atoms with Gasteiger partial charge in [-0.25, -0.2) is 0 Å². The first-order valence-electron chi connectivity index (χ1n) is 8.24. The number of hydrogen-bond acceptors (Lipinski definition) is 2. The van der Waals surface area contributed by atoms with Crippen LogP contribution in [0.2, 0.25) is 0 Å². The topological polar surface area (TPSA) is 32.3 Å². The third-order valence-electron chi connectivity index (χ3n) is 4.27. The van der Waals surface area contributed by atoms with Crippen LogP contribution in [0.5, 0.6) is 0 Å². The fourth-order valence-electron chi connectivity index (χ4n) is 3.05. The molecule has 0 bridgehead atoms. The minimum absolute atomic E-state index is 0.235. The summed E-state index contributed by atoms with van der Waals surface area (Å²) < 4.78 is 0. The molecule has 0 aliphatic heterocycles. The van der Waals surface area contributed by atoms with E-state index in [1.165, 1.54) is 21.9 Å². The molecule has 2 N–H and O–H groups in total. The maximum absolute atomic E-state index is 9.16. The fraction of sp³-hybridized carbons (Fsp3) is 0.238. The number of hydrogen-bond donors (Lipinski definition) is 2. The van der Waals surface area contributed by atoms with Crippen LogP contribution in [0.1, 0.15) is 30.0 Å². The number of rotatable bonds is 7. The van der Waals surface area contributed by atoms with E-state index in [2.05, 4.69) is 72.0 Å². The second-order valence-electron chi connectivity index (χ2n) is 5.85. The Balaban J connectivity index is 1.77. The summed E-state index contributed by atoms with van der Waals surface area (Å²) in [7, 11) is 0. The first-order chi connectivity index (χ1) is 11.4. The first kappa shape index (κ1) is 15.7. The number of aliphatic hydroxyl groups is 1. The lowest BCUT2D eigenvalue weighted by molar-refractivity contribution is 0.275. The van der Waals surface area contributed by atoms with Gasteiger partial charge in [0.05, 0.1) is 0 Å². The van der Waals surface area contributed by atoms with Crippen LogP contribution in [0.4, 0.5) is 0 Å². The van der Waals surface area contributed by atoms with E-state index in [1.807, 2.05) is 6.07 Å². The van der Waals surface area contributed by atoms with Gasteiger partial charge in [-0.2, -0.15) is 0 Å². The molecule has 2 nitrogen and oxygen atoms in total. The first-order valence-corrected chi connectivity index (χ1v) is 8.24. The minimum atomic E-state index is 0.235. The van der Waals surface area contributed by atoms with Gasteiger partial charge in [0.1, 0.15) is 0 Å². The summed E-state index contributed by atoms with van der Waals surface area (Å²) in [5.74, 6) is 0. The average molecular weight is 305 g/mol. The molecule has 118 valence electrons. The Kier molecular flexibility index (Phi) is 5.41. The summed E-state index contributed by atoms with van der Waals surface area (Å²) in [6.07, 6.45) is 1.74. The van der Waals surface area contributed by atoms with Gasteiger partial charge in [0.2, 0.25) is 0 Å². The molecule has 0 aromatic heterocycles. The van der Waals surface area contributed by atoms with E-state index in [0.717, 1.165) is 19.4 Å². The van der Waals surface area contributed by atoms with Crippen molar-refractivity contribution in [2.45, 2.75) is 25.4 Å². The molecule has 23 heavy (non-hydrogen) atoms. The Morgan fingerprint density at radius 2 is 1.57 bits per heavy atom. The molecule has 3 rings (SSSR count). The molecule has 1 atom stereocenters. The van der Waals surface area contributed by atoms with Gasteiger partial charge in [0, 0.05) is 19.2 Å². The van der Waals surface area contributed by atoms with Gasteiger partial charge >= 0.3 is 0 Å². The second kappa shape index (κ2) is 7.91. The highest BCUT2D eigenvalue weighted by molar-refractivity contribution is 5.85. The van der Waals surface area contributed by atoms with Crippen molar-refractivity contribution in [2.75, 3.05) is 6.61 Å². The Morgan fingerprint density at radius 1 is 0.826 bits per heavy atom. The zero-order chi connectivity index (χ0) is 15.9. The van der Waals surface area contributed by atoms with Gasteiger partial charge in [-0.05, 0) is 34.7 Å². The maximum atomic E-state index is 9.16. The molecule has 1 unspecified atom stereocenters. The number of fused-ring (bicyclic) bond motifs is 1. The number of nitrogens with one attached hydrogen (secondary N) is 1. The van der Waals surface area contributed by atoms with Crippen LogP contribution >= 0.6 is 0 Å². The van der Waals surface area contributed by atoms with Crippen molar-refractivity contribution in [3.8, 4) is 0 Å². The van der Waals surface area contributed by atoms with Gasteiger partial charge in [-0.3, -0.25) is 0 Å². The van der Waals surface area contributed by atoms with E-state index in [0.29, 0.717) is 0 Å². The van der Waals surface area contributed by atoms with Gasteiger partial charge in [0.15, 0.2) is 0 Å². The Bertz CT molecular complexity index is 734. The summed E-state index contributed by atoms with van der Waals surface area (Å²) in [6, 6.07) is 25.7. The van der Waals surface area contributed by atoms with E-state index in [-0.39, 0.29) is 12.6 Å². The van der Waals surface area contributed by atoms with Gasteiger partial charge in [-0.15, -0.1) is 0 Å². The zero-order valence-electron chi connectivity index (χ0n) is 13.3. The zero-order valence-corrected chi connectivity index (χ0v) is 13.3. The predicted octanol–water partition coefficient (Wildman–Crippen LogP) is 4.44. The molecule has 0 saturated carbocycles. The summed E-state index contributed by atoms with van der Waals surface area (Å²) >= 11 is 0. The molecule has 0 amide bonds. The van der Waals surface area contributed by atoms with Gasteiger partial charge in [0.25, 0.3) is 0 Å². The van der Waals surface area contributed by atoms with Crippen molar-refractivity contribution in [2.24, 2.45) is 0 Å². The minimum Gasteiger partial charge on any atom is -0.396 e. The molecule has 2 heteroatoms. The smallest absolute Gasteiger partial charge is 0.0431 e. The molecule has 0 saturated heterocycles. The molecular formula is C21H23NO. The quantitative estimate of drug-likeness (QED) is 0.676. The lowest BCUT2D eigenvalue weighted by Crippen LogP contribution is -2.21. The van der Waals surface area contributed by atoms with Crippen molar-refractivity contribution in [1.29, 1.82) is 0 Å². The van der Waals surface area contributed by atoms with Crippen molar-refractivity contribution in [3.05, 3.63) is 83.9 Å². The van der Waals surface area contributed by atoms with E-state index in [9.17, 15) is 0 Å². The second-order valence-corrected chi connectivity index (χ2v) is 5.85. The summed E-state index contributed by atoms with van der Waals surface area (Å²) in [5, 5.41) is 15.4. The SMILES string of the molecule is OCCCC(NCc1cccc2ccccc12)c1ccccc1. The molecule has 0 heterocycles. The molecule has 0 fully saturated rings. The Labute approximate surface area is 137 Å². The molecule has 0 radical (unpaired) electrons. The fourth-order valence-corrected chi connectivity index (χ4v) is 3.05. The van der Waals surface area contributed by atoms with Crippen LogP contribution < -0.4 is 5.32 Å². The molecule has 0 aliphatic carbocycles. The lowest BCUT2D eigenvalue weighted by atomic mass is 10.0. The third kappa shape index (κ3) is 3.98. The van der Waals surface area contributed by atoms with Crippen LogP contribution in [0, 0.1) is 0 Å². The van der Waals surface area contributed by atoms with E-state index < -0.39 is 0 Å². The molecular weight excluding hydrogens is 282 g/mol. The van der Waals surface area contributed by atoms with Crippen molar-refractivity contribution >= 4 is 10.8 Å². The maximum Gasteiger partial charge on any atom is 0.0431 e. The summed E-state index contributed by atoms with van der Waals surface area (Å²) in [5.41, 5.74) is 2.59. The van der Waals surface area contributed by atoms with Crippen LogP contribution in [0.3, 0.4) is 0 Å². The number of benzene rings is 3. The van der Waals surface area contributed by atoms with Crippen LogP contribution in [0.15, 0.2) is 72.8 Å². The van der Waals surface area contributed by atoms with Gasteiger partial charge < -0.3 is 10.4 Å². The molecule has 0 spiro atoms. The van der Waals surface area contributed by atoms with Crippen molar-refractivity contribution in [1.82, 2.24) is 5.32 Å².